The highest BCUT2D eigenvalue weighted by Gasteiger charge is 2.47. The maximum absolute atomic E-state index is 13.9. The summed E-state index contributed by atoms with van der Waals surface area (Å²) in [5.41, 5.74) is 17.9. The van der Waals surface area contributed by atoms with Crippen LogP contribution in [0.2, 0.25) is 0 Å². The van der Waals surface area contributed by atoms with Crippen LogP contribution in [0.4, 0.5) is 35.2 Å². The number of primary amides is 1. The number of aryl methyl sites for hydroxylation is 1. The number of alkyl halides is 3. The fourth-order valence-electron chi connectivity index (χ4n) is 10.0. The van der Waals surface area contributed by atoms with E-state index >= 15 is 0 Å². The van der Waals surface area contributed by atoms with Gasteiger partial charge in [0.15, 0.2) is 5.78 Å². The molecule has 0 spiro atoms. The minimum atomic E-state index is -4.51. The zero-order valence-corrected chi connectivity index (χ0v) is 44.9. The van der Waals surface area contributed by atoms with E-state index in [4.69, 9.17) is 25.7 Å². The van der Waals surface area contributed by atoms with Gasteiger partial charge in [-0.2, -0.15) is 13.2 Å². The molecule has 20 nitrogen and oxygen atoms in total. The number of nitrogen functional groups attached to an aromatic ring is 1. The average molecular weight is 1110 g/mol. The molecule has 5 aromatic rings. The molecule has 8 rings (SSSR count). The van der Waals surface area contributed by atoms with Crippen molar-refractivity contribution in [1.82, 2.24) is 25.1 Å². The van der Waals surface area contributed by atoms with Crippen LogP contribution in [0, 0.1) is 11.8 Å². The number of imide groups is 1. The predicted molar refractivity (Wildman–Crippen MR) is 288 cm³/mol. The molecule has 0 unspecified atom stereocenters. The van der Waals surface area contributed by atoms with Crippen LogP contribution < -0.4 is 36.9 Å². The number of hydrogen-bond acceptors (Lipinski definition) is 12. The molecule has 80 heavy (non-hydrogen) atoms. The molecule has 0 saturated heterocycles. The van der Waals surface area contributed by atoms with Gasteiger partial charge in [-0.1, -0.05) is 55.2 Å². The number of benzene rings is 3. The van der Waals surface area contributed by atoms with E-state index in [0.29, 0.717) is 66.1 Å². The number of anilines is 3. The molecule has 1 aliphatic carbocycles. The molecule has 3 aliphatic rings. The maximum Gasteiger partial charge on any atom is 0.416 e. The zero-order valence-electron chi connectivity index (χ0n) is 44.9. The van der Waals surface area contributed by atoms with E-state index in [0.717, 1.165) is 40.0 Å². The number of ketones is 1. The second kappa shape index (κ2) is 25.8. The Morgan fingerprint density at radius 1 is 0.875 bits per heavy atom. The van der Waals surface area contributed by atoms with Gasteiger partial charge in [0.2, 0.25) is 35.5 Å². The minimum Gasteiger partial charge on any atom is -0.379 e. The highest BCUT2D eigenvalue weighted by Crippen LogP contribution is 2.40. The fraction of sp³-hybridized carbons (Fsp3) is 0.421. The third kappa shape index (κ3) is 14.4. The van der Waals surface area contributed by atoms with Gasteiger partial charge in [0.05, 0.1) is 84.0 Å². The van der Waals surface area contributed by atoms with E-state index in [1.165, 1.54) is 17.0 Å². The molecule has 3 aromatic carbocycles. The lowest BCUT2D eigenvalue weighted by molar-refractivity contribution is -0.667. The third-order valence-corrected chi connectivity index (χ3v) is 14.2. The first-order valence-corrected chi connectivity index (χ1v) is 26.6. The Bertz CT molecular complexity index is 3170. The van der Waals surface area contributed by atoms with Crippen molar-refractivity contribution in [2.24, 2.45) is 24.6 Å². The monoisotopic (exact) mass is 1110 g/mol. The number of Topliss-reactive ketones (excluding diaryl/α,β-unsaturated/α-hetero) is 1. The summed E-state index contributed by atoms with van der Waals surface area (Å²) in [6.45, 7) is 6.04. The van der Waals surface area contributed by atoms with Gasteiger partial charge in [-0.15, -0.1) is 0 Å². The summed E-state index contributed by atoms with van der Waals surface area (Å²) in [6.07, 6.45) is 0.380. The molecule has 7 amide bonds. The summed E-state index contributed by atoms with van der Waals surface area (Å²) in [6, 6.07) is 16.2. The third-order valence-electron chi connectivity index (χ3n) is 14.2. The van der Waals surface area contributed by atoms with E-state index in [-0.39, 0.29) is 113 Å². The zero-order chi connectivity index (χ0) is 57.3. The number of aromatic nitrogens is 3. The summed E-state index contributed by atoms with van der Waals surface area (Å²) < 4.78 is 60.5. The number of piperidine rings is 1. The lowest BCUT2D eigenvalue weighted by Gasteiger charge is -2.24. The van der Waals surface area contributed by atoms with Gasteiger partial charge in [-0.05, 0) is 77.8 Å². The molecule has 7 N–H and O–H groups in total. The molecule has 0 radical (unpaired) electrons. The van der Waals surface area contributed by atoms with Crippen molar-refractivity contribution >= 4 is 69.6 Å². The number of carbonyl (C=O) groups is 7. The van der Waals surface area contributed by atoms with Crippen molar-refractivity contribution in [3.8, 4) is 11.1 Å². The van der Waals surface area contributed by atoms with Gasteiger partial charge in [0, 0.05) is 66.4 Å². The molecule has 0 saturated carbocycles. The number of amides is 7. The first-order chi connectivity index (χ1) is 38.3. The van der Waals surface area contributed by atoms with Gasteiger partial charge in [-0.3, -0.25) is 38.2 Å². The van der Waals surface area contributed by atoms with Crippen molar-refractivity contribution in [3.63, 3.8) is 0 Å². The number of nitrogens with zero attached hydrogens (tertiary/aromatic N) is 5. The number of halogens is 3. The quantitative estimate of drug-likeness (QED) is 0.0254. The number of fused-ring (bicyclic) bond motifs is 2. The fourth-order valence-corrected chi connectivity index (χ4v) is 10.0. The molecule has 0 bridgehead atoms. The van der Waals surface area contributed by atoms with Gasteiger partial charge in [0.25, 0.3) is 11.8 Å². The number of nitrogens with two attached hydrogens (primary N) is 2. The Hall–Kier alpha value is -8.02. The van der Waals surface area contributed by atoms with Crippen molar-refractivity contribution in [2.75, 3.05) is 75.2 Å². The second-order valence-corrected chi connectivity index (χ2v) is 20.4. The van der Waals surface area contributed by atoms with E-state index < -0.39 is 41.5 Å². The van der Waals surface area contributed by atoms with Crippen LogP contribution in [0.1, 0.15) is 68.2 Å². The smallest absolute Gasteiger partial charge is 0.379 e. The van der Waals surface area contributed by atoms with Crippen LogP contribution in [0.5, 0.6) is 0 Å². The van der Waals surface area contributed by atoms with E-state index in [2.05, 4.69) is 20.9 Å². The molecule has 2 aliphatic heterocycles. The van der Waals surface area contributed by atoms with Crippen LogP contribution in [0.25, 0.3) is 22.2 Å². The van der Waals surface area contributed by atoms with E-state index in [1.54, 1.807) is 37.2 Å². The number of rotatable bonds is 28. The maximum atomic E-state index is 13.9. The Balaban J connectivity index is 0.823. The highest BCUT2D eigenvalue weighted by atomic mass is 19.4. The number of hydrogen-bond donors (Lipinski definition) is 5. The van der Waals surface area contributed by atoms with E-state index in [1.807, 2.05) is 52.7 Å². The van der Waals surface area contributed by atoms with Crippen LogP contribution in [-0.2, 0) is 75.6 Å². The van der Waals surface area contributed by atoms with Crippen LogP contribution in [-0.4, -0.2) is 121 Å². The van der Waals surface area contributed by atoms with Crippen molar-refractivity contribution in [1.29, 1.82) is 0 Å². The number of likely N-dealkylation sites (tertiary alicyclic amines) is 1. The number of urea groups is 1. The Kier molecular flexibility index (Phi) is 18.8. The topological polar surface area (TPSA) is 263 Å². The second-order valence-electron chi connectivity index (χ2n) is 20.4. The molecule has 23 heteroatoms. The van der Waals surface area contributed by atoms with Crippen LogP contribution in [0.3, 0.4) is 0 Å². The summed E-state index contributed by atoms with van der Waals surface area (Å²) in [5, 5.41) is 8.98. The molecule has 0 fully saturated rings. The average Bonchev–Trinajstić information content (AvgIpc) is 3.91. The normalized spacial score (nSPS) is 14.6. The molecule has 424 valence electrons. The molecule has 4 heterocycles. The molecular formula is C57H66F3N10O10+. The lowest BCUT2D eigenvalue weighted by atomic mass is 9.89. The minimum absolute atomic E-state index is 0.0165. The van der Waals surface area contributed by atoms with Crippen molar-refractivity contribution in [2.45, 2.75) is 77.6 Å². The van der Waals surface area contributed by atoms with Gasteiger partial charge in [-0.25, -0.2) is 9.36 Å². The van der Waals surface area contributed by atoms with Crippen LogP contribution >= 0.6 is 0 Å². The Morgan fingerprint density at radius 2 is 1.57 bits per heavy atom. The number of ether oxygens (including phenoxy) is 3. The first kappa shape index (κ1) is 58.1. The predicted octanol–water partition coefficient (Wildman–Crippen LogP) is 4.92. The summed E-state index contributed by atoms with van der Waals surface area (Å²) in [5.74, 6) is -2.70. The number of nitrogens with one attached hydrogen (secondary N) is 3. The standard InChI is InChI=1S/C57H65F3N10O10/c1-34(2)50(66-47(72)16-20-78-22-24-80-25-23-79-21-19-70-54(75)42-30-43(42)55(70)76)46(71)29-39(7-5-17-63-56(62)77)52(74)65-41-12-9-35(10-13-41)31-68-33-64-51(61)49-44(32-67(3)53(49)68)37-11-14-45-38(28-37)15-18-69(45)48(73)27-36-6-4-8-40(26-36)57(58,59)60/h4,6,8-14,26,28,32-34,39,50,61H,5,7,15-25,27,29-31H2,1-3H3,(H5,62,63,65,66,72,74,77)/p+1/t39-,50+/m1/s1. The van der Waals surface area contributed by atoms with Gasteiger partial charge in [0.1, 0.15) is 5.39 Å². The number of carbonyl (C=O) groups excluding carboxylic acids is 7. The van der Waals surface area contributed by atoms with Crippen molar-refractivity contribution < 1.29 is 65.5 Å². The summed E-state index contributed by atoms with van der Waals surface area (Å²) >= 11 is 0. The van der Waals surface area contributed by atoms with Gasteiger partial charge >= 0.3 is 12.2 Å². The van der Waals surface area contributed by atoms with Crippen LogP contribution in [0.15, 0.2) is 90.4 Å². The lowest BCUT2D eigenvalue weighted by Crippen LogP contribution is -2.45. The van der Waals surface area contributed by atoms with E-state index in [9.17, 15) is 46.7 Å². The molecular weight excluding hydrogens is 1040 g/mol. The summed E-state index contributed by atoms with van der Waals surface area (Å²) in [4.78, 5) is 96.9. The molecule has 2 aromatic heterocycles. The Morgan fingerprint density at radius 3 is 2.26 bits per heavy atom. The Labute approximate surface area is 460 Å². The summed E-state index contributed by atoms with van der Waals surface area (Å²) in [7, 11) is 1.90. The molecule has 2 atom stereocenters. The van der Waals surface area contributed by atoms with Crippen molar-refractivity contribution in [3.05, 3.63) is 113 Å². The first-order valence-electron chi connectivity index (χ1n) is 26.6. The highest BCUT2D eigenvalue weighted by molar-refractivity contribution is 6.25. The largest absolute Gasteiger partial charge is 0.416 e. The SMILES string of the molecule is CC(C)[C@H](NC(=O)CCOCCOCCOCCN1C(=O)C2=C(C2)C1=O)C(=O)C[C@@H](CCCNC(N)=O)C(=O)Nc1ccc(C[n+]2cnc(N)c3c(-c4ccc5c(c4)CCN5C(=O)Cc4cccc(C(F)(F)F)c4)cn(C)c32)cc1. The van der Waals surface area contributed by atoms with Gasteiger partial charge < -0.3 is 46.5 Å².